The molecule has 3 N–H and O–H groups in total. The van der Waals surface area contributed by atoms with Crippen LogP contribution in [0.3, 0.4) is 0 Å². The zero-order valence-electron chi connectivity index (χ0n) is 10.0. The summed E-state index contributed by atoms with van der Waals surface area (Å²) >= 11 is 3.28. The summed E-state index contributed by atoms with van der Waals surface area (Å²) in [5, 5.41) is 19.8. The number of rotatable bonds is 3. The van der Waals surface area contributed by atoms with Gasteiger partial charge in [0.25, 0.3) is 5.91 Å². The van der Waals surface area contributed by atoms with E-state index in [9.17, 15) is 9.90 Å². The van der Waals surface area contributed by atoms with E-state index in [4.69, 9.17) is 0 Å². The molecule has 2 aromatic rings. The molecule has 0 fully saturated rings. The van der Waals surface area contributed by atoms with E-state index >= 15 is 0 Å². The van der Waals surface area contributed by atoms with Gasteiger partial charge in [-0.1, -0.05) is 15.9 Å². The Hall–Kier alpha value is -2.15. The van der Waals surface area contributed by atoms with Crippen molar-refractivity contribution in [3.05, 3.63) is 45.7 Å². The van der Waals surface area contributed by atoms with Gasteiger partial charge in [0.05, 0.1) is 6.21 Å². The van der Waals surface area contributed by atoms with E-state index in [0.717, 1.165) is 10.2 Å². The zero-order valence-corrected chi connectivity index (χ0v) is 11.6. The highest BCUT2D eigenvalue weighted by molar-refractivity contribution is 9.10. The number of H-pyrrole nitrogens is 1. The largest absolute Gasteiger partial charge is 0.507 e. The number of nitrogens with zero attached hydrogens (tertiary/aromatic N) is 2. The third-order valence-corrected chi connectivity index (χ3v) is 2.79. The Morgan fingerprint density at radius 3 is 3.00 bits per heavy atom. The summed E-state index contributed by atoms with van der Waals surface area (Å²) in [7, 11) is 0. The second-order valence-corrected chi connectivity index (χ2v) is 4.75. The molecule has 0 spiro atoms. The highest BCUT2D eigenvalue weighted by atomic mass is 79.9. The molecule has 6 nitrogen and oxygen atoms in total. The fourth-order valence-corrected chi connectivity index (χ4v) is 1.76. The first-order chi connectivity index (χ1) is 9.06. The number of phenols is 1. The number of aromatic nitrogens is 2. The summed E-state index contributed by atoms with van der Waals surface area (Å²) in [5.74, 6) is -0.341. The zero-order chi connectivity index (χ0) is 13.8. The second-order valence-electron chi connectivity index (χ2n) is 3.84. The van der Waals surface area contributed by atoms with Gasteiger partial charge in [-0.05, 0) is 31.2 Å². The first-order valence-corrected chi connectivity index (χ1v) is 6.19. The van der Waals surface area contributed by atoms with E-state index in [1.807, 2.05) is 0 Å². The van der Waals surface area contributed by atoms with Crippen LogP contribution in [-0.4, -0.2) is 27.4 Å². The molecule has 1 aromatic carbocycles. The number of phenolic OH excluding ortho intramolecular Hbond substituents is 1. The lowest BCUT2D eigenvalue weighted by molar-refractivity contribution is 0.0950. The Morgan fingerprint density at radius 2 is 2.32 bits per heavy atom. The third kappa shape index (κ3) is 3.41. The molecular formula is C12H11BrN4O2. The van der Waals surface area contributed by atoms with Crippen molar-refractivity contribution in [2.45, 2.75) is 6.92 Å². The minimum atomic E-state index is -0.421. The van der Waals surface area contributed by atoms with Crippen LogP contribution in [-0.2, 0) is 0 Å². The molecule has 0 atom stereocenters. The predicted octanol–water partition coefficient (Wildman–Crippen LogP) is 1.95. The molecule has 19 heavy (non-hydrogen) atoms. The van der Waals surface area contributed by atoms with Crippen LogP contribution >= 0.6 is 15.9 Å². The fourth-order valence-electron chi connectivity index (χ4n) is 1.38. The molecule has 0 saturated heterocycles. The van der Waals surface area contributed by atoms with Gasteiger partial charge in [0.1, 0.15) is 5.75 Å². The van der Waals surface area contributed by atoms with Gasteiger partial charge in [0.15, 0.2) is 5.69 Å². The Morgan fingerprint density at radius 1 is 1.53 bits per heavy atom. The number of amides is 1. The lowest BCUT2D eigenvalue weighted by Gasteiger charge is -1.99. The van der Waals surface area contributed by atoms with Crippen LogP contribution in [0.5, 0.6) is 5.75 Å². The van der Waals surface area contributed by atoms with Gasteiger partial charge in [0.2, 0.25) is 0 Å². The minimum Gasteiger partial charge on any atom is -0.507 e. The molecule has 1 aromatic heterocycles. The molecule has 1 heterocycles. The summed E-state index contributed by atoms with van der Waals surface area (Å²) in [6.07, 6.45) is 1.36. The highest BCUT2D eigenvalue weighted by Crippen LogP contribution is 2.19. The van der Waals surface area contributed by atoms with Gasteiger partial charge in [-0.25, -0.2) is 5.43 Å². The molecule has 0 bridgehead atoms. The number of hydrogen-bond acceptors (Lipinski definition) is 4. The number of nitrogens with one attached hydrogen (secondary N) is 2. The van der Waals surface area contributed by atoms with Crippen LogP contribution in [0.25, 0.3) is 0 Å². The minimum absolute atomic E-state index is 0.0804. The van der Waals surface area contributed by atoms with E-state index in [2.05, 4.69) is 36.7 Å². The van der Waals surface area contributed by atoms with Crippen molar-refractivity contribution in [1.82, 2.24) is 15.6 Å². The maximum Gasteiger partial charge on any atom is 0.291 e. The van der Waals surface area contributed by atoms with Gasteiger partial charge in [-0.15, -0.1) is 0 Å². The average Bonchev–Trinajstić information content (AvgIpc) is 2.80. The van der Waals surface area contributed by atoms with Gasteiger partial charge in [0, 0.05) is 15.7 Å². The Kier molecular flexibility index (Phi) is 3.96. The van der Waals surface area contributed by atoms with Crippen LogP contribution in [0.2, 0.25) is 0 Å². The lowest BCUT2D eigenvalue weighted by Crippen LogP contribution is -2.18. The maximum atomic E-state index is 11.6. The maximum absolute atomic E-state index is 11.6. The van der Waals surface area contributed by atoms with Crippen molar-refractivity contribution in [3.8, 4) is 5.75 Å². The number of benzene rings is 1. The summed E-state index contributed by atoms with van der Waals surface area (Å²) in [5.41, 5.74) is 3.87. The fraction of sp³-hybridized carbons (Fsp3) is 0.0833. The van der Waals surface area contributed by atoms with Crippen molar-refractivity contribution in [2.24, 2.45) is 5.10 Å². The number of hydrogen-bond donors (Lipinski definition) is 3. The molecule has 0 unspecified atom stereocenters. The molecule has 1 amide bonds. The number of halogens is 1. The number of carbonyl (C=O) groups excluding carboxylic acids is 1. The molecule has 0 radical (unpaired) electrons. The summed E-state index contributed by atoms with van der Waals surface area (Å²) in [6, 6.07) is 6.53. The number of carbonyl (C=O) groups is 1. The van der Waals surface area contributed by atoms with Crippen molar-refractivity contribution >= 4 is 28.1 Å². The Balaban J connectivity index is 2.04. The number of hydrazone groups is 1. The first-order valence-electron chi connectivity index (χ1n) is 5.40. The number of aromatic amines is 1. The average molecular weight is 323 g/mol. The van der Waals surface area contributed by atoms with E-state index < -0.39 is 5.91 Å². The van der Waals surface area contributed by atoms with Crippen LogP contribution in [0, 0.1) is 6.92 Å². The third-order valence-electron chi connectivity index (χ3n) is 2.30. The Bertz CT molecular complexity index is 636. The Labute approximate surface area is 117 Å². The van der Waals surface area contributed by atoms with Crippen LogP contribution in [0.15, 0.2) is 33.8 Å². The molecule has 0 aliphatic carbocycles. The van der Waals surface area contributed by atoms with Gasteiger partial charge in [-0.2, -0.15) is 10.2 Å². The van der Waals surface area contributed by atoms with Gasteiger partial charge >= 0.3 is 0 Å². The van der Waals surface area contributed by atoms with E-state index in [0.29, 0.717) is 5.56 Å². The standard InChI is InChI=1S/C12H11BrN4O2/c1-7-4-10(16-15-7)12(19)17-14-6-8-5-9(13)2-3-11(8)18/h2-6,18H,1H3,(H,15,16)(H,17,19)/b14-6-. The van der Waals surface area contributed by atoms with Crippen LogP contribution in [0.1, 0.15) is 21.7 Å². The predicted molar refractivity (Wildman–Crippen MR) is 74.2 cm³/mol. The van der Waals surface area contributed by atoms with Crippen LogP contribution < -0.4 is 5.43 Å². The van der Waals surface area contributed by atoms with Gasteiger partial charge < -0.3 is 5.11 Å². The molecule has 7 heteroatoms. The number of aryl methyl sites for hydroxylation is 1. The quantitative estimate of drug-likeness (QED) is 0.596. The smallest absolute Gasteiger partial charge is 0.291 e. The molecule has 0 aliphatic heterocycles. The molecule has 2 rings (SSSR count). The molecule has 0 saturated carbocycles. The van der Waals surface area contributed by atoms with Crippen LogP contribution in [0.4, 0.5) is 0 Å². The monoisotopic (exact) mass is 322 g/mol. The van der Waals surface area contributed by atoms with Gasteiger partial charge in [-0.3, -0.25) is 9.89 Å². The van der Waals surface area contributed by atoms with Crippen molar-refractivity contribution in [2.75, 3.05) is 0 Å². The topological polar surface area (TPSA) is 90.4 Å². The summed E-state index contributed by atoms with van der Waals surface area (Å²) in [6.45, 7) is 1.80. The van der Waals surface area contributed by atoms with E-state index in [1.54, 1.807) is 25.1 Å². The van der Waals surface area contributed by atoms with Crippen molar-refractivity contribution < 1.29 is 9.90 Å². The summed E-state index contributed by atoms with van der Waals surface area (Å²) < 4.78 is 0.806. The van der Waals surface area contributed by atoms with Crippen molar-refractivity contribution in [3.63, 3.8) is 0 Å². The van der Waals surface area contributed by atoms with E-state index in [1.165, 1.54) is 12.3 Å². The lowest BCUT2D eigenvalue weighted by atomic mass is 10.2. The number of aromatic hydroxyl groups is 1. The van der Waals surface area contributed by atoms with E-state index in [-0.39, 0.29) is 11.4 Å². The molecule has 0 aliphatic rings. The highest BCUT2D eigenvalue weighted by Gasteiger charge is 2.07. The first kappa shape index (κ1) is 13.3. The second kappa shape index (κ2) is 5.66. The molecule has 98 valence electrons. The molecular weight excluding hydrogens is 312 g/mol. The SMILES string of the molecule is Cc1cc(C(=O)N/N=C\c2cc(Br)ccc2O)n[nH]1. The normalized spacial score (nSPS) is 10.8. The summed E-state index contributed by atoms with van der Waals surface area (Å²) in [4.78, 5) is 11.6. The van der Waals surface area contributed by atoms with Crippen molar-refractivity contribution in [1.29, 1.82) is 0 Å².